The van der Waals surface area contributed by atoms with Crippen LogP contribution in [0.1, 0.15) is 11.3 Å². The van der Waals surface area contributed by atoms with Crippen LogP contribution in [0.5, 0.6) is 0 Å². The Balaban J connectivity index is 2.14. The first-order valence-electron chi connectivity index (χ1n) is 5.25. The first-order valence-corrected chi connectivity index (χ1v) is 8.31. The molecule has 1 aromatic carbocycles. The highest BCUT2D eigenvalue weighted by Gasteiger charge is 2.20. The van der Waals surface area contributed by atoms with Crippen LogP contribution in [0.2, 0.25) is 9.49 Å². The molecular weight excluding hydrogens is 327 g/mol. The number of rotatable bonds is 4. The maximum absolute atomic E-state index is 12.1. The van der Waals surface area contributed by atoms with Crippen molar-refractivity contribution in [2.75, 3.05) is 0 Å². The fraction of sp³-hybridized carbons (Fsp3) is 0.182. The highest BCUT2D eigenvalue weighted by molar-refractivity contribution is 7.91. The normalized spacial score (nSPS) is 11.7. The van der Waals surface area contributed by atoms with Crippen LogP contribution in [0.4, 0.5) is 0 Å². The molecule has 1 aromatic heterocycles. The van der Waals surface area contributed by atoms with Crippen molar-refractivity contribution in [2.24, 2.45) is 0 Å². The minimum Gasteiger partial charge on any atom is -0.229 e. The van der Waals surface area contributed by atoms with Crippen molar-refractivity contribution in [3.8, 4) is 0 Å². The van der Waals surface area contributed by atoms with Crippen molar-refractivity contribution < 1.29 is 8.42 Å². The van der Waals surface area contributed by atoms with Gasteiger partial charge >= 0.3 is 0 Å². The first-order chi connectivity index (χ1) is 8.88. The molecular formula is C11H10Cl2N2O2S2. The second kappa shape index (κ2) is 5.76. The van der Waals surface area contributed by atoms with Gasteiger partial charge < -0.3 is 0 Å². The predicted octanol–water partition coefficient (Wildman–Crippen LogP) is 3.24. The van der Waals surface area contributed by atoms with E-state index in [4.69, 9.17) is 23.2 Å². The minimum absolute atomic E-state index is 0.145. The molecule has 2 rings (SSSR count). The summed E-state index contributed by atoms with van der Waals surface area (Å²) in [6.07, 6.45) is 0. The summed E-state index contributed by atoms with van der Waals surface area (Å²) in [6.45, 7) is 1.80. The van der Waals surface area contributed by atoms with E-state index in [1.807, 2.05) is 0 Å². The summed E-state index contributed by atoms with van der Waals surface area (Å²) in [5, 5.41) is 0.608. The molecule has 0 amide bonds. The largest absolute Gasteiger partial charge is 0.252 e. The van der Waals surface area contributed by atoms with Crippen molar-refractivity contribution in [1.29, 1.82) is 0 Å². The minimum atomic E-state index is -3.59. The lowest BCUT2D eigenvalue weighted by molar-refractivity contribution is 0.582. The number of aryl methyl sites for hydroxylation is 1. The molecule has 0 bridgehead atoms. The zero-order valence-electron chi connectivity index (χ0n) is 9.85. The highest BCUT2D eigenvalue weighted by atomic mass is 35.5. The van der Waals surface area contributed by atoms with Crippen molar-refractivity contribution in [3.63, 3.8) is 0 Å². The third-order valence-electron chi connectivity index (χ3n) is 2.35. The SMILES string of the molecule is Cc1nc(Cl)sc1S(=O)(=O)NCc1ccc(Cl)cc1. The van der Waals surface area contributed by atoms with Gasteiger partial charge in [-0.05, 0) is 24.6 Å². The summed E-state index contributed by atoms with van der Waals surface area (Å²) in [5.74, 6) is 0. The fourth-order valence-corrected chi connectivity index (χ4v) is 4.37. The van der Waals surface area contributed by atoms with E-state index in [9.17, 15) is 8.42 Å². The Bertz CT molecular complexity index is 681. The quantitative estimate of drug-likeness (QED) is 0.932. The van der Waals surface area contributed by atoms with Crippen LogP contribution in [-0.2, 0) is 16.6 Å². The molecule has 8 heteroatoms. The Morgan fingerprint density at radius 1 is 1.26 bits per heavy atom. The van der Waals surface area contributed by atoms with Gasteiger partial charge in [0.25, 0.3) is 10.0 Å². The van der Waals surface area contributed by atoms with Crippen LogP contribution < -0.4 is 4.72 Å². The van der Waals surface area contributed by atoms with Crippen molar-refractivity contribution in [2.45, 2.75) is 17.7 Å². The van der Waals surface area contributed by atoms with Gasteiger partial charge in [0.2, 0.25) is 0 Å². The summed E-state index contributed by atoms with van der Waals surface area (Å²) in [5.41, 5.74) is 1.22. The van der Waals surface area contributed by atoms with E-state index in [1.165, 1.54) is 0 Å². The topological polar surface area (TPSA) is 59.1 Å². The molecule has 0 saturated carbocycles. The van der Waals surface area contributed by atoms with E-state index in [1.54, 1.807) is 31.2 Å². The molecule has 102 valence electrons. The molecule has 1 heterocycles. The number of hydrogen-bond acceptors (Lipinski definition) is 4. The van der Waals surface area contributed by atoms with Gasteiger partial charge in [-0.25, -0.2) is 18.1 Å². The smallest absolute Gasteiger partial charge is 0.229 e. The first kappa shape index (κ1) is 14.7. The number of nitrogens with one attached hydrogen (secondary N) is 1. The molecule has 0 atom stereocenters. The maximum Gasteiger partial charge on any atom is 0.252 e. The molecule has 0 aliphatic carbocycles. The number of aromatic nitrogens is 1. The second-order valence-electron chi connectivity index (χ2n) is 3.79. The van der Waals surface area contributed by atoms with E-state index < -0.39 is 10.0 Å². The van der Waals surface area contributed by atoms with Gasteiger partial charge in [0.1, 0.15) is 0 Å². The molecule has 0 unspecified atom stereocenters. The van der Waals surface area contributed by atoms with Gasteiger partial charge in [-0.1, -0.05) is 46.7 Å². The van der Waals surface area contributed by atoms with E-state index in [2.05, 4.69) is 9.71 Å². The van der Waals surface area contributed by atoms with Crippen LogP contribution in [0.3, 0.4) is 0 Å². The lowest BCUT2D eigenvalue weighted by Crippen LogP contribution is -2.23. The van der Waals surface area contributed by atoms with Crippen molar-refractivity contribution >= 4 is 44.6 Å². The third kappa shape index (κ3) is 3.67. The predicted molar refractivity (Wildman–Crippen MR) is 77.3 cm³/mol. The molecule has 4 nitrogen and oxygen atoms in total. The molecule has 0 spiro atoms. The number of hydrogen-bond donors (Lipinski definition) is 1. The van der Waals surface area contributed by atoms with Crippen LogP contribution in [-0.4, -0.2) is 13.4 Å². The second-order valence-corrected chi connectivity index (χ2v) is 7.77. The fourth-order valence-electron chi connectivity index (χ4n) is 1.45. The zero-order chi connectivity index (χ0) is 14.0. The maximum atomic E-state index is 12.1. The Kier molecular flexibility index (Phi) is 4.47. The van der Waals surface area contributed by atoms with E-state index >= 15 is 0 Å². The standard InChI is InChI=1S/C11H10Cl2N2O2S2/c1-7-10(18-11(13)15-7)19(16,17)14-6-8-2-4-9(12)5-3-8/h2-5,14H,6H2,1H3. The number of halogens is 2. The zero-order valence-corrected chi connectivity index (χ0v) is 13.0. The van der Waals surface area contributed by atoms with Crippen molar-refractivity contribution in [1.82, 2.24) is 9.71 Å². The van der Waals surface area contributed by atoms with Gasteiger partial charge in [-0.2, -0.15) is 0 Å². The molecule has 0 aliphatic heterocycles. The summed E-state index contributed by atoms with van der Waals surface area (Å²) in [6, 6.07) is 6.94. The van der Waals surface area contributed by atoms with Gasteiger partial charge in [0, 0.05) is 11.6 Å². The van der Waals surface area contributed by atoms with Gasteiger partial charge in [-0.15, -0.1) is 0 Å². The van der Waals surface area contributed by atoms with E-state index in [-0.39, 0.29) is 15.2 Å². The molecule has 2 aromatic rings. The summed E-state index contributed by atoms with van der Waals surface area (Å²) in [7, 11) is -3.59. The van der Waals surface area contributed by atoms with Crippen LogP contribution >= 0.6 is 34.5 Å². The van der Waals surface area contributed by atoms with Gasteiger partial charge in [0.05, 0.1) is 5.69 Å². The third-order valence-corrected chi connectivity index (χ3v) is 5.88. The monoisotopic (exact) mass is 336 g/mol. The molecule has 0 radical (unpaired) electrons. The Hall–Kier alpha value is -0.660. The number of sulfonamides is 1. The molecule has 0 fully saturated rings. The van der Waals surface area contributed by atoms with Gasteiger partial charge in [0.15, 0.2) is 8.68 Å². The van der Waals surface area contributed by atoms with Crippen LogP contribution in [0.25, 0.3) is 0 Å². The summed E-state index contributed by atoms with van der Waals surface area (Å²) < 4.78 is 27.0. The van der Waals surface area contributed by atoms with Crippen molar-refractivity contribution in [3.05, 3.63) is 45.0 Å². The Labute approximate surface area is 125 Å². The molecule has 1 N–H and O–H groups in total. The highest BCUT2D eigenvalue weighted by Crippen LogP contribution is 2.26. The lowest BCUT2D eigenvalue weighted by Gasteiger charge is -2.05. The number of benzene rings is 1. The molecule has 0 aliphatic rings. The van der Waals surface area contributed by atoms with E-state index in [0.717, 1.165) is 16.9 Å². The van der Waals surface area contributed by atoms with E-state index in [0.29, 0.717) is 10.7 Å². The summed E-state index contributed by atoms with van der Waals surface area (Å²) >= 11 is 12.4. The number of nitrogens with zero attached hydrogens (tertiary/aromatic N) is 1. The molecule has 19 heavy (non-hydrogen) atoms. The average molecular weight is 337 g/mol. The van der Waals surface area contributed by atoms with Crippen LogP contribution in [0, 0.1) is 6.92 Å². The molecule has 0 saturated heterocycles. The Morgan fingerprint density at radius 3 is 2.42 bits per heavy atom. The summed E-state index contributed by atoms with van der Waals surface area (Å²) in [4.78, 5) is 3.89. The Morgan fingerprint density at radius 2 is 1.89 bits per heavy atom. The average Bonchev–Trinajstić information content (AvgIpc) is 2.69. The van der Waals surface area contributed by atoms with Crippen LogP contribution in [0.15, 0.2) is 28.5 Å². The van der Waals surface area contributed by atoms with Gasteiger partial charge in [-0.3, -0.25) is 0 Å². The lowest BCUT2D eigenvalue weighted by atomic mass is 10.2. The number of thiazole rings is 1.